The molecular formula is C11H20N2S. The van der Waals surface area contributed by atoms with Gasteiger partial charge in [-0.3, -0.25) is 0 Å². The molecule has 0 saturated carbocycles. The maximum atomic E-state index is 5.86. The second-order valence-corrected chi connectivity index (χ2v) is 5.10. The number of nitrogens with two attached hydrogens (primary N) is 1. The minimum atomic E-state index is 0.372. The van der Waals surface area contributed by atoms with E-state index < -0.39 is 0 Å². The van der Waals surface area contributed by atoms with Crippen LogP contribution in [0, 0.1) is 13.8 Å². The fraction of sp³-hybridized carbons (Fsp3) is 0.727. The van der Waals surface area contributed by atoms with Gasteiger partial charge in [-0.25, -0.2) is 4.98 Å². The van der Waals surface area contributed by atoms with Crippen molar-refractivity contribution in [2.45, 2.75) is 52.5 Å². The van der Waals surface area contributed by atoms with Crippen molar-refractivity contribution in [3.8, 4) is 0 Å². The average Bonchev–Trinajstić information content (AvgIpc) is 2.46. The molecule has 1 aromatic heterocycles. The number of hydrogen-bond donors (Lipinski definition) is 1. The number of rotatable bonds is 5. The summed E-state index contributed by atoms with van der Waals surface area (Å²) >= 11 is 1.82. The summed E-state index contributed by atoms with van der Waals surface area (Å²) < 4.78 is 0. The molecule has 0 spiro atoms. The van der Waals surface area contributed by atoms with E-state index in [1.165, 1.54) is 22.0 Å². The molecule has 1 heterocycles. The first-order chi connectivity index (χ1) is 6.63. The van der Waals surface area contributed by atoms with Crippen LogP contribution in [0.25, 0.3) is 0 Å². The second kappa shape index (κ2) is 5.47. The highest BCUT2D eigenvalue weighted by Crippen LogP contribution is 2.18. The van der Waals surface area contributed by atoms with Gasteiger partial charge >= 0.3 is 0 Å². The highest BCUT2D eigenvalue weighted by atomic mass is 32.1. The van der Waals surface area contributed by atoms with E-state index in [9.17, 15) is 0 Å². The van der Waals surface area contributed by atoms with Crippen molar-refractivity contribution in [3.63, 3.8) is 0 Å². The molecule has 2 nitrogen and oxygen atoms in total. The number of hydrogen-bond acceptors (Lipinski definition) is 3. The maximum Gasteiger partial charge on any atom is 0.0930 e. The molecule has 80 valence electrons. The van der Waals surface area contributed by atoms with Crippen LogP contribution in [0.5, 0.6) is 0 Å². The van der Waals surface area contributed by atoms with Gasteiger partial charge in [0.15, 0.2) is 0 Å². The van der Waals surface area contributed by atoms with Gasteiger partial charge in [0.2, 0.25) is 0 Å². The molecule has 0 saturated heterocycles. The van der Waals surface area contributed by atoms with Crippen molar-refractivity contribution >= 4 is 11.3 Å². The lowest BCUT2D eigenvalue weighted by atomic mass is 10.1. The molecule has 2 N–H and O–H groups in total. The molecular weight excluding hydrogens is 192 g/mol. The zero-order valence-corrected chi connectivity index (χ0v) is 10.2. The highest BCUT2D eigenvalue weighted by Gasteiger charge is 2.04. The van der Waals surface area contributed by atoms with Crippen LogP contribution >= 0.6 is 11.3 Å². The Balaban J connectivity index is 2.31. The largest absolute Gasteiger partial charge is 0.328 e. The Kier molecular flexibility index (Phi) is 4.55. The molecule has 0 aromatic carbocycles. The SMILES string of the molecule is CCC(N)CCCc1nc(C)c(C)s1. The monoisotopic (exact) mass is 212 g/mol. The van der Waals surface area contributed by atoms with Crippen LogP contribution < -0.4 is 5.73 Å². The van der Waals surface area contributed by atoms with Crippen molar-refractivity contribution in [2.24, 2.45) is 5.73 Å². The molecule has 1 aromatic rings. The van der Waals surface area contributed by atoms with E-state index in [0.717, 1.165) is 19.3 Å². The first kappa shape index (κ1) is 11.7. The van der Waals surface area contributed by atoms with Crippen LogP contribution in [0.15, 0.2) is 0 Å². The van der Waals surface area contributed by atoms with E-state index in [0.29, 0.717) is 6.04 Å². The van der Waals surface area contributed by atoms with Crippen molar-refractivity contribution < 1.29 is 0 Å². The van der Waals surface area contributed by atoms with E-state index >= 15 is 0 Å². The van der Waals surface area contributed by atoms with Crippen molar-refractivity contribution in [1.29, 1.82) is 0 Å². The van der Waals surface area contributed by atoms with Crippen molar-refractivity contribution in [2.75, 3.05) is 0 Å². The number of aryl methyl sites for hydroxylation is 3. The van der Waals surface area contributed by atoms with E-state index in [4.69, 9.17) is 5.73 Å². The minimum Gasteiger partial charge on any atom is -0.328 e. The maximum absolute atomic E-state index is 5.86. The molecule has 0 amide bonds. The molecule has 1 unspecified atom stereocenters. The number of thiazole rings is 1. The summed E-state index contributed by atoms with van der Waals surface area (Å²) in [5.74, 6) is 0. The van der Waals surface area contributed by atoms with Crippen LogP contribution in [-0.2, 0) is 6.42 Å². The van der Waals surface area contributed by atoms with Crippen molar-refractivity contribution in [3.05, 3.63) is 15.6 Å². The number of aromatic nitrogens is 1. The molecule has 0 fully saturated rings. The predicted octanol–water partition coefficient (Wildman–Crippen LogP) is 2.82. The van der Waals surface area contributed by atoms with Gasteiger partial charge in [-0.2, -0.15) is 0 Å². The van der Waals surface area contributed by atoms with Gasteiger partial charge in [-0.05, 0) is 39.5 Å². The third-order valence-corrected chi connectivity index (χ3v) is 3.70. The van der Waals surface area contributed by atoms with Crippen LogP contribution in [0.4, 0.5) is 0 Å². The van der Waals surface area contributed by atoms with E-state index in [1.807, 2.05) is 11.3 Å². The topological polar surface area (TPSA) is 38.9 Å². The first-order valence-corrected chi connectivity index (χ1v) is 6.13. The zero-order chi connectivity index (χ0) is 10.6. The Labute approximate surface area is 90.6 Å². The summed E-state index contributed by atoms with van der Waals surface area (Å²) in [6, 6.07) is 0.372. The standard InChI is InChI=1S/C11H20N2S/c1-4-10(12)6-5-7-11-13-8(2)9(3)14-11/h10H,4-7,12H2,1-3H3. The Morgan fingerprint density at radius 1 is 1.43 bits per heavy atom. The second-order valence-electron chi connectivity index (χ2n) is 3.81. The van der Waals surface area contributed by atoms with Gasteiger partial charge in [0.05, 0.1) is 10.7 Å². The predicted molar refractivity (Wildman–Crippen MR) is 62.8 cm³/mol. The van der Waals surface area contributed by atoms with E-state index in [-0.39, 0.29) is 0 Å². The average molecular weight is 212 g/mol. The van der Waals surface area contributed by atoms with Gasteiger partial charge in [0, 0.05) is 10.9 Å². The Hall–Kier alpha value is -0.410. The summed E-state index contributed by atoms with van der Waals surface area (Å²) in [6.07, 6.45) is 4.46. The zero-order valence-electron chi connectivity index (χ0n) is 9.34. The minimum absolute atomic E-state index is 0.372. The van der Waals surface area contributed by atoms with Gasteiger partial charge in [0.25, 0.3) is 0 Å². The first-order valence-electron chi connectivity index (χ1n) is 5.32. The molecule has 0 aliphatic carbocycles. The Morgan fingerprint density at radius 3 is 2.64 bits per heavy atom. The molecule has 0 radical (unpaired) electrons. The van der Waals surface area contributed by atoms with Crippen LogP contribution in [0.2, 0.25) is 0 Å². The number of nitrogens with zero attached hydrogens (tertiary/aromatic N) is 1. The molecule has 0 aliphatic heterocycles. The van der Waals surface area contributed by atoms with Crippen molar-refractivity contribution in [1.82, 2.24) is 4.98 Å². The summed E-state index contributed by atoms with van der Waals surface area (Å²) in [5, 5.41) is 1.27. The summed E-state index contributed by atoms with van der Waals surface area (Å²) in [4.78, 5) is 5.86. The Bertz CT molecular complexity index is 261. The van der Waals surface area contributed by atoms with Crippen LogP contribution in [0.1, 0.15) is 41.8 Å². The van der Waals surface area contributed by atoms with E-state index in [1.54, 1.807) is 0 Å². The molecule has 1 rings (SSSR count). The van der Waals surface area contributed by atoms with E-state index in [2.05, 4.69) is 25.8 Å². The Morgan fingerprint density at radius 2 is 2.14 bits per heavy atom. The smallest absolute Gasteiger partial charge is 0.0930 e. The summed E-state index contributed by atoms with van der Waals surface area (Å²) in [6.45, 7) is 6.35. The summed E-state index contributed by atoms with van der Waals surface area (Å²) in [7, 11) is 0. The lowest BCUT2D eigenvalue weighted by molar-refractivity contribution is 0.567. The fourth-order valence-electron chi connectivity index (χ4n) is 1.37. The molecule has 3 heteroatoms. The lowest BCUT2D eigenvalue weighted by Gasteiger charge is -2.06. The van der Waals surface area contributed by atoms with Gasteiger partial charge < -0.3 is 5.73 Å². The normalized spacial score (nSPS) is 13.1. The molecule has 0 aliphatic rings. The van der Waals surface area contributed by atoms with Gasteiger partial charge in [-0.15, -0.1) is 11.3 Å². The highest BCUT2D eigenvalue weighted by molar-refractivity contribution is 7.11. The van der Waals surface area contributed by atoms with Gasteiger partial charge in [-0.1, -0.05) is 6.92 Å². The lowest BCUT2D eigenvalue weighted by Crippen LogP contribution is -2.18. The van der Waals surface area contributed by atoms with Crippen LogP contribution in [0.3, 0.4) is 0 Å². The van der Waals surface area contributed by atoms with Crippen LogP contribution in [-0.4, -0.2) is 11.0 Å². The van der Waals surface area contributed by atoms with Gasteiger partial charge in [0.1, 0.15) is 0 Å². The molecule has 0 bridgehead atoms. The molecule has 14 heavy (non-hydrogen) atoms. The summed E-state index contributed by atoms with van der Waals surface area (Å²) in [5.41, 5.74) is 7.04. The molecule has 1 atom stereocenters. The fourth-order valence-corrected chi connectivity index (χ4v) is 2.34. The quantitative estimate of drug-likeness (QED) is 0.815. The third kappa shape index (κ3) is 3.39. The third-order valence-electron chi connectivity index (χ3n) is 2.56.